The van der Waals surface area contributed by atoms with Crippen molar-refractivity contribution in [1.82, 2.24) is 0 Å². The molecule has 0 aliphatic carbocycles. The standard InChI is InChI=1S/C10H12O5S/c1-7(10(11)12)16(13,14)9-5-3-4-8(6-9)15-2/h3-7H,1-2H3,(H,11,12). The number of carboxylic acids is 1. The number of rotatable bonds is 4. The monoisotopic (exact) mass is 244 g/mol. The van der Waals surface area contributed by atoms with E-state index < -0.39 is 21.1 Å². The van der Waals surface area contributed by atoms with Crippen LogP contribution in [0.4, 0.5) is 0 Å². The summed E-state index contributed by atoms with van der Waals surface area (Å²) in [6, 6.07) is 5.73. The van der Waals surface area contributed by atoms with Crippen LogP contribution in [0.3, 0.4) is 0 Å². The van der Waals surface area contributed by atoms with Crippen molar-refractivity contribution in [3.63, 3.8) is 0 Å². The van der Waals surface area contributed by atoms with Gasteiger partial charge in [-0.1, -0.05) is 6.07 Å². The predicted octanol–water partition coefficient (Wildman–Crippen LogP) is 0.942. The van der Waals surface area contributed by atoms with Crippen molar-refractivity contribution in [2.75, 3.05) is 7.11 Å². The maximum absolute atomic E-state index is 11.8. The molecule has 0 amide bonds. The van der Waals surface area contributed by atoms with Crippen LogP contribution < -0.4 is 4.74 Å². The van der Waals surface area contributed by atoms with Crippen molar-refractivity contribution in [2.45, 2.75) is 17.1 Å². The Bertz CT molecular complexity index is 492. The maximum Gasteiger partial charge on any atom is 0.321 e. The van der Waals surface area contributed by atoms with Crippen LogP contribution in [0.5, 0.6) is 5.75 Å². The highest BCUT2D eigenvalue weighted by Crippen LogP contribution is 2.21. The van der Waals surface area contributed by atoms with Crippen molar-refractivity contribution in [1.29, 1.82) is 0 Å². The minimum Gasteiger partial charge on any atom is -0.497 e. The SMILES string of the molecule is COc1cccc(S(=O)(=O)C(C)C(=O)O)c1. The Labute approximate surface area is 93.6 Å². The molecule has 1 aromatic rings. The van der Waals surface area contributed by atoms with Gasteiger partial charge >= 0.3 is 5.97 Å². The zero-order valence-electron chi connectivity index (χ0n) is 8.88. The summed E-state index contributed by atoms with van der Waals surface area (Å²) >= 11 is 0. The molecule has 16 heavy (non-hydrogen) atoms. The summed E-state index contributed by atoms with van der Waals surface area (Å²) in [5.74, 6) is -0.999. The first-order chi connectivity index (χ1) is 7.39. The number of methoxy groups -OCH3 is 1. The van der Waals surface area contributed by atoms with Crippen molar-refractivity contribution in [3.8, 4) is 5.75 Å². The molecule has 0 aliphatic rings. The normalized spacial score (nSPS) is 13.1. The van der Waals surface area contributed by atoms with Crippen LogP contribution >= 0.6 is 0 Å². The second-order valence-electron chi connectivity index (χ2n) is 3.20. The van der Waals surface area contributed by atoms with Crippen molar-refractivity contribution in [2.24, 2.45) is 0 Å². The summed E-state index contributed by atoms with van der Waals surface area (Å²) in [5.41, 5.74) is 0. The molecule has 1 rings (SSSR count). The van der Waals surface area contributed by atoms with Crippen molar-refractivity contribution >= 4 is 15.8 Å². The van der Waals surface area contributed by atoms with Crippen molar-refractivity contribution < 1.29 is 23.1 Å². The number of sulfone groups is 1. The van der Waals surface area contributed by atoms with Gasteiger partial charge in [-0.05, 0) is 25.1 Å². The van der Waals surface area contributed by atoms with Gasteiger partial charge in [0.2, 0.25) is 0 Å². The summed E-state index contributed by atoms with van der Waals surface area (Å²) in [4.78, 5) is 10.6. The first kappa shape index (κ1) is 12.5. The number of ether oxygens (including phenoxy) is 1. The zero-order valence-corrected chi connectivity index (χ0v) is 9.69. The van der Waals surface area contributed by atoms with E-state index >= 15 is 0 Å². The molecule has 0 bridgehead atoms. The van der Waals surface area contributed by atoms with E-state index in [1.165, 1.54) is 25.3 Å². The summed E-state index contributed by atoms with van der Waals surface area (Å²) in [5, 5.41) is 7.22. The summed E-state index contributed by atoms with van der Waals surface area (Å²) in [6.07, 6.45) is 0. The van der Waals surface area contributed by atoms with E-state index in [1.54, 1.807) is 6.07 Å². The van der Waals surface area contributed by atoms with Gasteiger partial charge in [0.15, 0.2) is 15.1 Å². The largest absolute Gasteiger partial charge is 0.497 e. The Kier molecular flexibility index (Phi) is 3.54. The van der Waals surface area contributed by atoms with E-state index in [0.29, 0.717) is 5.75 Å². The molecule has 0 aromatic heterocycles. The van der Waals surface area contributed by atoms with Gasteiger partial charge < -0.3 is 9.84 Å². The lowest BCUT2D eigenvalue weighted by molar-refractivity contribution is -0.136. The first-order valence-corrected chi connectivity index (χ1v) is 6.05. The molecular formula is C10H12O5S. The molecule has 0 fully saturated rings. The van der Waals surface area contributed by atoms with E-state index in [4.69, 9.17) is 9.84 Å². The fourth-order valence-corrected chi connectivity index (χ4v) is 2.34. The lowest BCUT2D eigenvalue weighted by Crippen LogP contribution is -2.26. The van der Waals surface area contributed by atoms with Gasteiger partial charge in [-0.3, -0.25) is 4.79 Å². The molecular weight excluding hydrogens is 232 g/mol. The van der Waals surface area contributed by atoms with Gasteiger partial charge in [0.05, 0.1) is 12.0 Å². The van der Waals surface area contributed by atoms with Crippen molar-refractivity contribution in [3.05, 3.63) is 24.3 Å². The van der Waals surface area contributed by atoms with Crippen LogP contribution in [0.1, 0.15) is 6.92 Å². The summed E-state index contributed by atoms with van der Waals surface area (Å²) < 4.78 is 28.5. The minimum atomic E-state index is -3.85. The molecule has 6 heteroatoms. The van der Waals surface area contributed by atoms with Gasteiger partial charge in [0.1, 0.15) is 5.75 Å². The number of aliphatic carboxylic acids is 1. The molecule has 1 unspecified atom stereocenters. The Morgan fingerprint density at radius 1 is 1.44 bits per heavy atom. The molecule has 0 aliphatic heterocycles. The summed E-state index contributed by atoms with van der Waals surface area (Å²) in [6.45, 7) is 1.14. The smallest absolute Gasteiger partial charge is 0.321 e. The Morgan fingerprint density at radius 3 is 2.56 bits per heavy atom. The van der Waals surface area contributed by atoms with Crippen LogP contribution in [-0.4, -0.2) is 31.9 Å². The van der Waals surface area contributed by atoms with Crippen LogP contribution in [0.2, 0.25) is 0 Å². The molecule has 0 heterocycles. The second kappa shape index (κ2) is 4.52. The molecule has 0 saturated carbocycles. The Morgan fingerprint density at radius 2 is 2.06 bits per heavy atom. The molecule has 5 nitrogen and oxygen atoms in total. The van der Waals surface area contributed by atoms with Gasteiger partial charge in [0, 0.05) is 0 Å². The van der Waals surface area contributed by atoms with Crippen LogP contribution in [-0.2, 0) is 14.6 Å². The highest BCUT2D eigenvalue weighted by molar-refractivity contribution is 7.92. The number of benzene rings is 1. The highest BCUT2D eigenvalue weighted by Gasteiger charge is 2.29. The number of carboxylic acid groups (broad SMARTS) is 1. The lowest BCUT2D eigenvalue weighted by atomic mass is 10.3. The average molecular weight is 244 g/mol. The third-order valence-corrected chi connectivity index (χ3v) is 4.23. The van der Waals surface area contributed by atoms with Gasteiger partial charge in [-0.2, -0.15) is 0 Å². The number of hydrogen-bond acceptors (Lipinski definition) is 4. The predicted molar refractivity (Wildman–Crippen MR) is 57.3 cm³/mol. The molecule has 1 aromatic carbocycles. The van der Waals surface area contributed by atoms with E-state index in [0.717, 1.165) is 6.92 Å². The fourth-order valence-electron chi connectivity index (χ4n) is 1.12. The lowest BCUT2D eigenvalue weighted by Gasteiger charge is -2.09. The van der Waals surface area contributed by atoms with E-state index in [-0.39, 0.29) is 4.90 Å². The zero-order chi connectivity index (χ0) is 12.3. The van der Waals surface area contributed by atoms with E-state index in [1.807, 2.05) is 0 Å². The maximum atomic E-state index is 11.8. The molecule has 0 saturated heterocycles. The quantitative estimate of drug-likeness (QED) is 0.852. The van der Waals surface area contributed by atoms with Gasteiger partial charge in [-0.25, -0.2) is 8.42 Å². The molecule has 0 spiro atoms. The van der Waals surface area contributed by atoms with Gasteiger partial charge in [-0.15, -0.1) is 0 Å². The molecule has 88 valence electrons. The van der Waals surface area contributed by atoms with Gasteiger partial charge in [0.25, 0.3) is 0 Å². The molecule has 0 radical (unpaired) electrons. The average Bonchev–Trinajstić information content (AvgIpc) is 2.27. The molecule has 1 N–H and O–H groups in total. The fraction of sp³-hybridized carbons (Fsp3) is 0.300. The summed E-state index contributed by atoms with van der Waals surface area (Å²) in [7, 11) is -2.44. The van der Waals surface area contributed by atoms with E-state index in [9.17, 15) is 13.2 Å². The highest BCUT2D eigenvalue weighted by atomic mass is 32.2. The third-order valence-electron chi connectivity index (χ3n) is 2.18. The number of carbonyl (C=O) groups is 1. The Hall–Kier alpha value is -1.56. The topological polar surface area (TPSA) is 80.7 Å². The van der Waals surface area contributed by atoms with Crippen LogP contribution in [0, 0.1) is 0 Å². The molecule has 1 atom stereocenters. The first-order valence-electron chi connectivity index (χ1n) is 4.50. The second-order valence-corrected chi connectivity index (χ2v) is 5.47. The van der Waals surface area contributed by atoms with E-state index in [2.05, 4.69) is 0 Å². The number of hydrogen-bond donors (Lipinski definition) is 1. The third kappa shape index (κ3) is 2.33. The Balaban J connectivity index is 3.22. The van der Waals surface area contributed by atoms with Crippen LogP contribution in [0.15, 0.2) is 29.2 Å². The minimum absolute atomic E-state index is 0.0539. The van der Waals surface area contributed by atoms with Crippen LogP contribution in [0.25, 0.3) is 0 Å².